The van der Waals surface area contributed by atoms with Gasteiger partial charge in [0.1, 0.15) is 5.78 Å². The van der Waals surface area contributed by atoms with E-state index in [1.165, 1.54) is 14.2 Å². The van der Waals surface area contributed by atoms with Gasteiger partial charge in [0.05, 0.1) is 5.66 Å². The maximum Gasteiger partial charge on any atom is 0.333 e. The van der Waals surface area contributed by atoms with Crippen molar-refractivity contribution in [2.24, 2.45) is 5.92 Å². The minimum absolute atomic E-state index is 0.152. The first-order valence-corrected chi connectivity index (χ1v) is 5.90. The van der Waals surface area contributed by atoms with Crippen LogP contribution in [0.15, 0.2) is 0 Å². The first-order chi connectivity index (χ1) is 6.05. The van der Waals surface area contributed by atoms with Crippen molar-refractivity contribution >= 4 is 13.4 Å². The molecule has 0 spiro atoms. The molecule has 0 aromatic carbocycles. The van der Waals surface area contributed by atoms with Gasteiger partial charge in [0.15, 0.2) is 0 Å². The van der Waals surface area contributed by atoms with E-state index in [1.54, 1.807) is 6.92 Å². The Balaban J connectivity index is 2.83. The third-order valence-electron chi connectivity index (χ3n) is 2.69. The monoisotopic (exact) mass is 206 g/mol. The van der Waals surface area contributed by atoms with Crippen molar-refractivity contribution in [2.75, 3.05) is 14.2 Å². The van der Waals surface area contributed by atoms with Gasteiger partial charge >= 0.3 is 7.60 Å². The van der Waals surface area contributed by atoms with Gasteiger partial charge in [0.25, 0.3) is 0 Å². The van der Waals surface area contributed by atoms with Crippen LogP contribution in [0.2, 0.25) is 0 Å². The zero-order valence-electron chi connectivity index (χ0n) is 8.15. The van der Waals surface area contributed by atoms with E-state index in [0.29, 0.717) is 12.8 Å². The molecule has 2 unspecified atom stereocenters. The molecular formula is C8H15O4P. The highest BCUT2D eigenvalue weighted by molar-refractivity contribution is 7.54. The number of carbonyl (C=O) groups excluding carboxylic acids is 1. The molecule has 0 N–H and O–H groups in total. The van der Waals surface area contributed by atoms with Crippen LogP contribution >= 0.6 is 7.60 Å². The molecule has 2 atom stereocenters. The molecule has 1 fully saturated rings. The predicted molar refractivity (Wildman–Crippen MR) is 48.8 cm³/mol. The van der Waals surface area contributed by atoms with Crippen molar-refractivity contribution in [2.45, 2.75) is 25.4 Å². The van der Waals surface area contributed by atoms with Crippen LogP contribution in [0.1, 0.15) is 19.8 Å². The lowest BCUT2D eigenvalue weighted by Crippen LogP contribution is -2.17. The van der Waals surface area contributed by atoms with Crippen LogP contribution in [0.3, 0.4) is 0 Å². The van der Waals surface area contributed by atoms with Crippen molar-refractivity contribution in [1.29, 1.82) is 0 Å². The van der Waals surface area contributed by atoms with E-state index < -0.39 is 7.60 Å². The Labute approximate surface area is 78.1 Å². The number of hydrogen-bond acceptors (Lipinski definition) is 4. The maximum absolute atomic E-state index is 11.9. The smallest absolute Gasteiger partial charge is 0.312 e. The third-order valence-corrected chi connectivity index (χ3v) is 5.22. The number of rotatable bonds is 3. The van der Waals surface area contributed by atoms with Crippen LogP contribution in [-0.4, -0.2) is 25.7 Å². The Morgan fingerprint density at radius 3 is 2.23 bits per heavy atom. The molecule has 13 heavy (non-hydrogen) atoms. The molecule has 0 bridgehead atoms. The highest BCUT2D eigenvalue weighted by Gasteiger charge is 2.44. The number of Topliss-reactive ketones (excluding diaryl/α,β-unsaturated/α-hetero) is 1. The Morgan fingerprint density at radius 1 is 1.38 bits per heavy atom. The summed E-state index contributed by atoms with van der Waals surface area (Å²) in [5, 5.41) is 0. The fourth-order valence-corrected chi connectivity index (χ4v) is 3.61. The summed E-state index contributed by atoms with van der Waals surface area (Å²) in [4.78, 5) is 11.2. The van der Waals surface area contributed by atoms with Gasteiger partial charge in [-0.1, -0.05) is 6.92 Å². The molecule has 4 nitrogen and oxygen atoms in total. The fourth-order valence-electron chi connectivity index (χ4n) is 1.76. The summed E-state index contributed by atoms with van der Waals surface area (Å²) < 4.78 is 21.7. The molecule has 76 valence electrons. The lowest BCUT2D eigenvalue weighted by Gasteiger charge is -2.22. The Morgan fingerprint density at radius 2 is 1.92 bits per heavy atom. The molecule has 0 aromatic heterocycles. The van der Waals surface area contributed by atoms with E-state index >= 15 is 0 Å². The highest BCUT2D eigenvalue weighted by atomic mass is 31.2. The molecule has 0 aliphatic heterocycles. The molecule has 0 aromatic rings. The van der Waals surface area contributed by atoms with E-state index in [0.717, 1.165) is 0 Å². The van der Waals surface area contributed by atoms with Gasteiger partial charge in [-0.2, -0.15) is 0 Å². The van der Waals surface area contributed by atoms with Crippen LogP contribution in [0.25, 0.3) is 0 Å². The Kier molecular flexibility index (Phi) is 3.28. The second-order valence-electron chi connectivity index (χ2n) is 3.27. The Bertz CT molecular complexity index is 243. The van der Waals surface area contributed by atoms with Gasteiger partial charge in [-0.25, -0.2) is 0 Å². The topological polar surface area (TPSA) is 52.6 Å². The second-order valence-corrected chi connectivity index (χ2v) is 5.74. The number of carbonyl (C=O) groups is 1. The summed E-state index contributed by atoms with van der Waals surface area (Å²) in [7, 11) is -0.321. The largest absolute Gasteiger partial charge is 0.333 e. The van der Waals surface area contributed by atoms with E-state index in [1.807, 2.05) is 0 Å². The van der Waals surface area contributed by atoms with Crippen molar-refractivity contribution in [3.8, 4) is 0 Å². The summed E-state index contributed by atoms with van der Waals surface area (Å²) in [6, 6.07) is 0. The first-order valence-electron chi connectivity index (χ1n) is 4.29. The van der Waals surface area contributed by atoms with Crippen molar-refractivity contribution in [1.82, 2.24) is 0 Å². The molecule has 1 aliphatic rings. The third kappa shape index (κ3) is 1.85. The van der Waals surface area contributed by atoms with Crippen molar-refractivity contribution < 1.29 is 18.4 Å². The van der Waals surface area contributed by atoms with Crippen LogP contribution in [-0.2, 0) is 18.4 Å². The van der Waals surface area contributed by atoms with Crippen molar-refractivity contribution in [3.05, 3.63) is 0 Å². The quantitative estimate of drug-likeness (QED) is 0.661. The Hall–Kier alpha value is -0.180. The lowest BCUT2D eigenvalue weighted by molar-refractivity contribution is -0.120. The average molecular weight is 206 g/mol. The van der Waals surface area contributed by atoms with Gasteiger partial charge in [-0.3, -0.25) is 9.36 Å². The summed E-state index contributed by atoms with van der Waals surface area (Å²) in [6.45, 7) is 1.78. The van der Waals surface area contributed by atoms with E-state index in [9.17, 15) is 9.36 Å². The normalized spacial score (nSPS) is 29.6. The van der Waals surface area contributed by atoms with Crippen LogP contribution in [0, 0.1) is 5.92 Å². The summed E-state index contributed by atoms with van der Waals surface area (Å²) in [5.74, 6) is -0.0509. The number of ketones is 1. The van der Waals surface area contributed by atoms with Crippen LogP contribution in [0.4, 0.5) is 0 Å². The highest BCUT2D eigenvalue weighted by Crippen LogP contribution is 2.58. The SMILES string of the molecule is COP(=O)(OC)C1CCC(=O)C1C. The zero-order valence-corrected chi connectivity index (χ0v) is 9.04. The maximum atomic E-state index is 11.9. The van der Waals surface area contributed by atoms with Gasteiger partial charge in [0, 0.05) is 26.6 Å². The summed E-state index contributed by atoms with van der Waals surface area (Å²) in [5.41, 5.74) is -0.255. The lowest BCUT2D eigenvalue weighted by atomic mass is 10.1. The molecule has 0 saturated heterocycles. The zero-order chi connectivity index (χ0) is 10.1. The molecule has 5 heteroatoms. The molecular weight excluding hydrogens is 191 g/mol. The summed E-state index contributed by atoms with van der Waals surface area (Å²) >= 11 is 0. The van der Waals surface area contributed by atoms with E-state index in [4.69, 9.17) is 9.05 Å². The average Bonchev–Trinajstić information content (AvgIpc) is 2.47. The van der Waals surface area contributed by atoms with Gasteiger partial charge in [-0.15, -0.1) is 0 Å². The minimum Gasteiger partial charge on any atom is -0.312 e. The molecule has 0 amide bonds. The fraction of sp³-hybridized carbons (Fsp3) is 0.875. The van der Waals surface area contributed by atoms with E-state index in [-0.39, 0.29) is 17.4 Å². The van der Waals surface area contributed by atoms with E-state index in [2.05, 4.69) is 0 Å². The minimum atomic E-state index is -3.04. The summed E-state index contributed by atoms with van der Waals surface area (Å²) in [6.07, 6.45) is 1.10. The second kappa shape index (κ2) is 3.91. The molecule has 1 saturated carbocycles. The first kappa shape index (κ1) is 10.9. The number of hydrogen-bond donors (Lipinski definition) is 0. The van der Waals surface area contributed by atoms with Crippen LogP contribution in [0.5, 0.6) is 0 Å². The van der Waals surface area contributed by atoms with Gasteiger partial charge in [0.2, 0.25) is 0 Å². The standard InChI is InChI=1S/C8H15O4P/c1-6-7(9)4-5-8(6)13(10,11-2)12-3/h6,8H,4-5H2,1-3H3. The molecule has 0 radical (unpaired) electrons. The van der Waals surface area contributed by atoms with Crippen LogP contribution < -0.4 is 0 Å². The van der Waals surface area contributed by atoms with Crippen molar-refractivity contribution in [3.63, 3.8) is 0 Å². The molecule has 1 aliphatic carbocycles. The predicted octanol–water partition coefficient (Wildman–Crippen LogP) is 1.84. The molecule has 1 rings (SSSR count). The molecule has 0 heterocycles. The van der Waals surface area contributed by atoms with Gasteiger partial charge < -0.3 is 9.05 Å². The van der Waals surface area contributed by atoms with Gasteiger partial charge in [-0.05, 0) is 6.42 Å².